The van der Waals surface area contributed by atoms with Crippen LogP contribution in [0.1, 0.15) is 25.7 Å². The third-order valence-corrected chi connectivity index (χ3v) is 2.70. The van der Waals surface area contributed by atoms with Crippen LogP contribution in [0, 0.1) is 0 Å². The Balaban J connectivity index is 2.09. The highest BCUT2D eigenvalue weighted by atomic mass is 16.5. The molecule has 0 radical (unpaired) electrons. The van der Waals surface area contributed by atoms with E-state index in [1.807, 2.05) is 0 Å². The van der Waals surface area contributed by atoms with E-state index in [2.05, 4.69) is 4.90 Å². The van der Waals surface area contributed by atoms with Gasteiger partial charge in [-0.2, -0.15) is 0 Å². The highest BCUT2D eigenvalue weighted by Crippen LogP contribution is 2.09. The Morgan fingerprint density at radius 3 is 2.64 bits per heavy atom. The van der Waals surface area contributed by atoms with Gasteiger partial charge in [0.1, 0.15) is 0 Å². The number of hydrogen-bond acceptors (Lipinski definition) is 3. The standard InChI is InChI=1S/C10H19NO3/c1-14-9(10(12)13)5-4-8-11-6-2-3-7-11/h9H,2-8H2,1H3,(H,12,13). The van der Waals surface area contributed by atoms with Gasteiger partial charge in [0, 0.05) is 7.11 Å². The number of ether oxygens (including phenoxy) is 1. The summed E-state index contributed by atoms with van der Waals surface area (Å²) in [4.78, 5) is 13.0. The van der Waals surface area contributed by atoms with Gasteiger partial charge in [-0.25, -0.2) is 4.79 Å². The molecule has 1 fully saturated rings. The third kappa shape index (κ3) is 3.64. The van der Waals surface area contributed by atoms with Crippen molar-refractivity contribution >= 4 is 5.97 Å². The highest BCUT2D eigenvalue weighted by Gasteiger charge is 2.17. The van der Waals surface area contributed by atoms with Crippen molar-refractivity contribution in [1.82, 2.24) is 4.90 Å². The number of hydrogen-bond donors (Lipinski definition) is 1. The second kappa shape index (κ2) is 5.98. The van der Waals surface area contributed by atoms with Crippen LogP contribution in [0.25, 0.3) is 0 Å². The minimum Gasteiger partial charge on any atom is -0.479 e. The number of aliphatic carboxylic acids is 1. The van der Waals surface area contributed by atoms with Gasteiger partial charge in [0.25, 0.3) is 0 Å². The van der Waals surface area contributed by atoms with Crippen LogP contribution >= 0.6 is 0 Å². The van der Waals surface area contributed by atoms with E-state index >= 15 is 0 Å². The van der Waals surface area contributed by atoms with Crippen LogP contribution in [0.2, 0.25) is 0 Å². The van der Waals surface area contributed by atoms with E-state index < -0.39 is 12.1 Å². The van der Waals surface area contributed by atoms with E-state index in [0.29, 0.717) is 6.42 Å². The van der Waals surface area contributed by atoms with Gasteiger partial charge in [-0.15, -0.1) is 0 Å². The topological polar surface area (TPSA) is 49.8 Å². The number of methoxy groups -OCH3 is 1. The zero-order chi connectivity index (χ0) is 10.4. The number of carboxylic acids is 1. The lowest BCUT2D eigenvalue weighted by Crippen LogP contribution is -2.26. The van der Waals surface area contributed by atoms with Gasteiger partial charge >= 0.3 is 5.97 Å². The van der Waals surface area contributed by atoms with E-state index in [1.165, 1.54) is 33.0 Å². The van der Waals surface area contributed by atoms with E-state index in [-0.39, 0.29) is 0 Å². The Labute approximate surface area is 84.8 Å². The number of nitrogens with zero attached hydrogens (tertiary/aromatic N) is 1. The summed E-state index contributed by atoms with van der Waals surface area (Å²) in [6.07, 6.45) is 3.46. The largest absolute Gasteiger partial charge is 0.479 e. The summed E-state index contributed by atoms with van der Waals surface area (Å²) in [6, 6.07) is 0. The van der Waals surface area contributed by atoms with Gasteiger partial charge in [0.15, 0.2) is 6.10 Å². The van der Waals surface area contributed by atoms with Crippen molar-refractivity contribution in [2.24, 2.45) is 0 Å². The summed E-state index contributed by atoms with van der Waals surface area (Å²) < 4.78 is 4.86. The van der Waals surface area contributed by atoms with Crippen LogP contribution in [0.3, 0.4) is 0 Å². The SMILES string of the molecule is COC(CCCN1CCCC1)C(=O)O. The molecule has 1 N–H and O–H groups in total. The van der Waals surface area contributed by atoms with Crippen molar-refractivity contribution in [3.63, 3.8) is 0 Å². The Morgan fingerprint density at radius 2 is 2.14 bits per heavy atom. The van der Waals surface area contributed by atoms with Crippen molar-refractivity contribution in [1.29, 1.82) is 0 Å². The predicted octanol–water partition coefficient (Wildman–Crippen LogP) is 0.962. The summed E-state index contributed by atoms with van der Waals surface area (Å²) in [5.41, 5.74) is 0. The Morgan fingerprint density at radius 1 is 1.50 bits per heavy atom. The van der Waals surface area contributed by atoms with Crippen molar-refractivity contribution in [3.8, 4) is 0 Å². The first kappa shape index (κ1) is 11.5. The monoisotopic (exact) mass is 201 g/mol. The molecule has 14 heavy (non-hydrogen) atoms. The minimum atomic E-state index is -0.853. The van der Waals surface area contributed by atoms with Gasteiger partial charge in [0.05, 0.1) is 0 Å². The summed E-state index contributed by atoms with van der Waals surface area (Å²) in [5.74, 6) is -0.853. The molecule has 1 rings (SSSR count). The lowest BCUT2D eigenvalue weighted by atomic mass is 10.2. The van der Waals surface area contributed by atoms with Crippen LogP contribution in [0.5, 0.6) is 0 Å². The molecule has 0 amide bonds. The number of likely N-dealkylation sites (tertiary alicyclic amines) is 1. The van der Waals surface area contributed by atoms with E-state index in [9.17, 15) is 4.79 Å². The average molecular weight is 201 g/mol. The van der Waals surface area contributed by atoms with Crippen molar-refractivity contribution < 1.29 is 14.6 Å². The molecule has 0 saturated carbocycles. The third-order valence-electron chi connectivity index (χ3n) is 2.70. The normalized spacial score (nSPS) is 19.8. The molecule has 0 aromatic carbocycles. The van der Waals surface area contributed by atoms with Crippen LogP contribution in [-0.4, -0.2) is 48.8 Å². The number of rotatable bonds is 6. The molecular weight excluding hydrogens is 182 g/mol. The van der Waals surface area contributed by atoms with Gasteiger partial charge in [-0.1, -0.05) is 0 Å². The minimum absolute atomic E-state index is 0.613. The zero-order valence-corrected chi connectivity index (χ0v) is 8.74. The number of carboxylic acid groups (broad SMARTS) is 1. The summed E-state index contributed by atoms with van der Waals surface area (Å²) in [7, 11) is 1.45. The molecule has 0 spiro atoms. The molecular formula is C10H19NO3. The maximum absolute atomic E-state index is 10.6. The zero-order valence-electron chi connectivity index (χ0n) is 8.74. The maximum atomic E-state index is 10.6. The Bertz CT molecular complexity index is 178. The van der Waals surface area contributed by atoms with Crippen LogP contribution in [-0.2, 0) is 9.53 Å². The molecule has 4 heteroatoms. The molecule has 4 nitrogen and oxygen atoms in total. The summed E-state index contributed by atoms with van der Waals surface area (Å²) >= 11 is 0. The molecule has 82 valence electrons. The average Bonchev–Trinajstić information content (AvgIpc) is 2.64. The Kier molecular flexibility index (Phi) is 4.90. The van der Waals surface area contributed by atoms with E-state index in [0.717, 1.165) is 13.0 Å². The second-order valence-electron chi connectivity index (χ2n) is 3.75. The summed E-state index contributed by atoms with van der Waals surface area (Å²) in [5, 5.41) is 8.73. The molecule has 0 aromatic rings. The summed E-state index contributed by atoms with van der Waals surface area (Å²) in [6.45, 7) is 3.35. The smallest absolute Gasteiger partial charge is 0.332 e. The fourth-order valence-electron chi connectivity index (χ4n) is 1.85. The first-order valence-electron chi connectivity index (χ1n) is 5.22. The lowest BCUT2D eigenvalue weighted by Gasteiger charge is -2.15. The fourth-order valence-corrected chi connectivity index (χ4v) is 1.85. The predicted molar refractivity (Wildman–Crippen MR) is 53.3 cm³/mol. The quantitative estimate of drug-likeness (QED) is 0.695. The molecule has 0 aliphatic carbocycles. The molecule has 0 aromatic heterocycles. The van der Waals surface area contributed by atoms with Gasteiger partial charge in [0.2, 0.25) is 0 Å². The van der Waals surface area contributed by atoms with Crippen molar-refractivity contribution in [2.75, 3.05) is 26.7 Å². The van der Waals surface area contributed by atoms with E-state index in [4.69, 9.17) is 9.84 Å². The van der Waals surface area contributed by atoms with Gasteiger partial charge in [-0.3, -0.25) is 0 Å². The molecule has 1 aliphatic rings. The number of carbonyl (C=O) groups is 1. The van der Waals surface area contributed by atoms with Crippen molar-refractivity contribution in [2.45, 2.75) is 31.8 Å². The Hall–Kier alpha value is -0.610. The molecule has 1 heterocycles. The van der Waals surface area contributed by atoms with Crippen LogP contribution in [0.15, 0.2) is 0 Å². The fraction of sp³-hybridized carbons (Fsp3) is 0.900. The second-order valence-corrected chi connectivity index (χ2v) is 3.75. The van der Waals surface area contributed by atoms with Gasteiger partial charge in [-0.05, 0) is 45.3 Å². The lowest BCUT2D eigenvalue weighted by molar-refractivity contribution is -0.148. The first-order valence-corrected chi connectivity index (χ1v) is 5.22. The molecule has 1 aliphatic heterocycles. The van der Waals surface area contributed by atoms with E-state index in [1.54, 1.807) is 0 Å². The molecule has 1 saturated heterocycles. The molecule has 1 unspecified atom stereocenters. The molecule has 1 atom stereocenters. The van der Waals surface area contributed by atoms with Crippen molar-refractivity contribution in [3.05, 3.63) is 0 Å². The van der Waals surface area contributed by atoms with Gasteiger partial charge < -0.3 is 14.7 Å². The first-order chi connectivity index (χ1) is 6.74. The molecule has 0 bridgehead atoms. The van der Waals surface area contributed by atoms with Crippen LogP contribution < -0.4 is 0 Å². The maximum Gasteiger partial charge on any atom is 0.332 e. The highest BCUT2D eigenvalue weighted by molar-refractivity contribution is 5.72. The van der Waals surface area contributed by atoms with Crippen LogP contribution in [0.4, 0.5) is 0 Å².